The van der Waals surface area contributed by atoms with Gasteiger partial charge in [-0.05, 0) is 19.8 Å². The first-order chi connectivity index (χ1) is 6.70. The van der Waals surface area contributed by atoms with Gasteiger partial charge in [0.1, 0.15) is 5.82 Å². The average molecular weight is 196 g/mol. The van der Waals surface area contributed by atoms with E-state index in [2.05, 4.69) is 10.2 Å². The Morgan fingerprint density at radius 3 is 2.93 bits per heavy atom. The minimum Gasteiger partial charge on any atom is -0.391 e. The van der Waals surface area contributed by atoms with Crippen LogP contribution in [0.1, 0.15) is 37.5 Å². The first kappa shape index (κ1) is 9.61. The van der Waals surface area contributed by atoms with E-state index in [0.29, 0.717) is 0 Å². The summed E-state index contributed by atoms with van der Waals surface area (Å²) in [5.41, 5.74) is 5.83. The van der Waals surface area contributed by atoms with Crippen molar-refractivity contribution in [2.24, 2.45) is 5.73 Å². The van der Waals surface area contributed by atoms with Crippen LogP contribution in [0.3, 0.4) is 0 Å². The minimum absolute atomic E-state index is 0.422. The fourth-order valence-corrected chi connectivity index (χ4v) is 1.79. The molecular weight excluding hydrogens is 180 g/mol. The Kier molecular flexibility index (Phi) is 2.52. The summed E-state index contributed by atoms with van der Waals surface area (Å²) in [6.07, 6.45) is 2.71. The molecule has 2 unspecified atom stereocenters. The standard InChI is InChI=1S/C9H16N4O/c1-6(14)8(10)9-12-11-7-4-2-3-5-13(7)9/h6,8,14H,2-5,10H2,1H3. The van der Waals surface area contributed by atoms with Gasteiger partial charge in [0, 0.05) is 13.0 Å². The van der Waals surface area contributed by atoms with Crippen LogP contribution in [-0.4, -0.2) is 26.0 Å². The minimum atomic E-state index is -0.578. The van der Waals surface area contributed by atoms with Crippen molar-refractivity contribution in [3.05, 3.63) is 11.6 Å². The fourth-order valence-electron chi connectivity index (χ4n) is 1.79. The zero-order chi connectivity index (χ0) is 10.1. The van der Waals surface area contributed by atoms with Crippen molar-refractivity contribution >= 4 is 0 Å². The Morgan fingerprint density at radius 1 is 1.43 bits per heavy atom. The average Bonchev–Trinajstić information content (AvgIpc) is 2.60. The number of aromatic nitrogens is 3. The summed E-state index contributed by atoms with van der Waals surface area (Å²) < 4.78 is 2.04. The van der Waals surface area contributed by atoms with Crippen molar-refractivity contribution in [1.29, 1.82) is 0 Å². The van der Waals surface area contributed by atoms with Crippen molar-refractivity contribution in [2.75, 3.05) is 0 Å². The van der Waals surface area contributed by atoms with Crippen LogP contribution in [0.25, 0.3) is 0 Å². The lowest BCUT2D eigenvalue weighted by Crippen LogP contribution is -2.28. The Balaban J connectivity index is 2.30. The highest BCUT2D eigenvalue weighted by molar-refractivity contribution is 5.04. The molecule has 2 rings (SSSR count). The summed E-state index contributed by atoms with van der Waals surface area (Å²) in [5, 5.41) is 17.5. The third kappa shape index (κ3) is 1.53. The van der Waals surface area contributed by atoms with Gasteiger partial charge in [-0.25, -0.2) is 0 Å². The lowest BCUT2D eigenvalue weighted by atomic mass is 10.1. The zero-order valence-electron chi connectivity index (χ0n) is 8.35. The number of rotatable bonds is 2. The van der Waals surface area contributed by atoms with Gasteiger partial charge in [0.05, 0.1) is 12.1 Å². The molecule has 1 aromatic heterocycles. The van der Waals surface area contributed by atoms with E-state index >= 15 is 0 Å². The maximum atomic E-state index is 9.39. The highest BCUT2D eigenvalue weighted by atomic mass is 16.3. The smallest absolute Gasteiger partial charge is 0.152 e. The second kappa shape index (κ2) is 3.67. The van der Waals surface area contributed by atoms with E-state index in [0.717, 1.165) is 31.0 Å². The predicted molar refractivity (Wildman–Crippen MR) is 51.6 cm³/mol. The molecule has 0 aromatic carbocycles. The van der Waals surface area contributed by atoms with E-state index in [1.807, 2.05) is 4.57 Å². The second-order valence-electron chi connectivity index (χ2n) is 3.85. The summed E-state index contributed by atoms with van der Waals surface area (Å²) in [4.78, 5) is 0. The van der Waals surface area contributed by atoms with Gasteiger partial charge in [-0.15, -0.1) is 10.2 Å². The molecule has 0 saturated heterocycles. The summed E-state index contributed by atoms with van der Waals surface area (Å²) in [5.74, 6) is 1.72. The van der Waals surface area contributed by atoms with Crippen LogP contribution in [0.2, 0.25) is 0 Å². The van der Waals surface area contributed by atoms with Gasteiger partial charge in [0.25, 0.3) is 0 Å². The molecule has 5 heteroatoms. The second-order valence-corrected chi connectivity index (χ2v) is 3.85. The van der Waals surface area contributed by atoms with Gasteiger partial charge in [-0.2, -0.15) is 0 Å². The lowest BCUT2D eigenvalue weighted by Gasteiger charge is -2.19. The molecule has 1 aliphatic rings. The van der Waals surface area contributed by atoms with Crippen LogP contribution in [0, 0.1) is 0 Å². The van der Waals surface area contributed by atoms with Crippen LogP contribution in [0.4, 0.5) is 0 Å². The Bertz CT molecular complexity index is 321. The van der Waals surface area contributed by atoms with E-state index in [1.165, 1.54) is 6.42 Å². The first-order valence-corrected chi connectivity index (χ1v) is 5.06. The maximum absolute atomic E-state index is 9.39. The largest absolute Gasteiger partial charge is 0.391 e. The van der Waals surface area contributed by atoms with Gasteiger partial charge in [0.15, 0.2) is 5.82 Å². The van der Waals surface area contributed by atoms with Gasteiger partial charge < -0.3 is 15.4 Å². The van der Waals surface area contributed by atoms with E-state index in [4.69, 9.17) is 5.73 Å². The fraction of sp³-hybridized carbons (Fsp3) is 0.778. The molecule has 0 radical (unpaired) electrons. The molecule has 2 atom stereocenters. The molecule has 1 aromatic rings. The van der Waals surface area contributed by atoms with Crippen molar-refractivity contribution in [3.63, 3.8) is 0 Å². The Hall–Kier alpha value is -0.940. The van der Waals surface area contributed by atoms with Crippen molar-refractivity contribution in [3.8, 4) is 0 Å². The quantitative estimate of drug-likeness (QED) is 0.697. The lowest BCUT2D eigenvalue weighted by molar-refractivity contribution is 0.158. The van der Waals surface area contributed by atoms with Crippen molar-refractivity contribution in [2.45, 2.75) is 44.9 Å². The molecule has 2 heterocycles. The number of fused-ring (bicyclic) bond motifs is 1. The Morgan fingerprint density at radius 2 is 2.21 bits per heavy atom. The van der Waals surface area contributed by atoms with Gasteiger partial charge >= 0.3 is 0 Å². The number of aliphatic hydroxyl groups excluding tert-OH is 1. The summed E-state index contributed by atoms with van der Waals surface area (Å²) in [7, 11) is 0. The van der Waals surface area contributed by atoms with E-state index in [-0.39, 0.29) is 0 Å². The number of hydrogen-bond donors (Lipinski definition) is 2. The van der Waals surface area contributed by atoms with Crippen LogP contribution >= 0.6 is 0 Å². The van der Waals surface area contributed by atoms with Gasteiger partial charge in [-0.3, -0.25) is 0 Å². The predicted octanol–water partition coefficient (Wildman–Crippen LogP) is -0.00500. The monoisotopic (exact) mass is 196 g/mol. The summed E-state index contributed by atoms with van der Waals surface area (Å²) >= 11 is 0. The van der Waals surface area contributed by atoms with E-state index < -0.39 is 12.1 Å². The van der Waals surface area contributed by atoms with Crippen LogP contribution in [0.15, 0.2) is 0 Å². The van der Waals surface area contributed by atoms with Crippen molar-refractivity contribution < 1.29 is 5.11 Å². The van der Waals surface area contributed by atoms with Gasteiger partial charge in [0.2, 0.25) is 0 Å². The summed E-state index contributed by atoms with van der Waals surface area (Å²) in [6.45, 7) is 2.60. The normalized spacial score (nSPS) is 20.2. The molecule has 0 aliphatic carbocycles. The molecule has 3 N–H and O–H groups in total. The molecule has 1 aliphatic heterocycles. The molecule has 0 bridgehead atoms. The molecular formula is C9H16N4O. The molecule has 5 nitrogen and oxygen atoms in total. The number of nitrogens with two attached hydrogens (primary N) is 1. The SMILES string of the molecule is CC(O)C(N)c1nnc2n1CCCC2. The Labute approximate surface area is 82.9 Å². The highest BCUT2D eigenvalue weighted by Crippen LogP contribution is 2.19. The third-order valence-corrected chi connectivity index (χ3v) is 2.71. The van der Waals surface area contributed by atoms with Crippen LogP contribution in [0.5, 0.6) is 0 Å². The number of aliphatic hydroxyl groups is 1. The summed E-state index contributed by atoms with van der Waals surface area (Å²) in [6, 6.07) is -0.422. The molecule has 14 heavy (non-hydrogen) atoms. The number of nitrogens with zero attached hydrogens (tertiary/aromatic N) is 3. The van der Waals surface area contributed by atoms with Crippen LogP contribution in [-0.2, 0) is 13.0 Å². The zero-order valence-corrected chi connectivity index (χ0v) is 8.35. The first-order valence-electron chi connectivity index (χ1n) is 5.06. The molecule has 0 spiro atoms. The molecule has 0 amide bonds. The number of aryl methyl sites for hydroxylation is 1. The van der Waals surface area contributed by atoms with Gasteiger partial charge in [-0.1, -0.05) is 0 Å². The van der Waals surface area contributed by atoms with Crippen LogP contribution < -0.4 is 5.73 Å². The van der Waals surface area contributed by atoms with Crippen molar-refractivity contribution in [1.82, 2.24) is 14.8 Å². The van der Waals surface area contributed by atoms with E-state index in [9.17, 15) is 5.11 Å². The topological polar surface area (TPSA) is 77.0 Å². The number of hydrogen-bond acceptors (Lipinski definition) is 4. The molecule has 0 saturated carbocycles. The highest BCUT2D eigenvalue weighted by Gasteiger charge is 2.22. The third-order valence-electron chi connectivity index (χ3n) is 2.71. The molecule has 0 fully saturated rings. The van der Waals surface area contributed by atoms with E-state index in [1.54, 1.807) is 6.92 Å². The molecule has 78 valence electrons. The maximum Gasteiger partial charge on any atom is 0.152 e.